The van der Waals surface area contributed by atoms with Crippen LogP contribution in [0.1, 0.15) is 31.2 Å². The summed E-state index contributed by atoms with van der Waals surface area (Å²) in [5.74, 6) is 0.108. The highest BCUT2D eigenvalue weighted by Gasteiger charge is 2.23. The predicted molar refractivity (Wildman–Crippen MR) is 66.8 cm³/mol. The average Bonchev–Trinajstić information content (AvgIpc) is 2.85. The highest BCUT2D eigenvalue weighted by atomic mass is 35.5. The SMILES string of the molecule is N#Cc1ccc(Cl)c(NC(=O)C2CCCC2)c1. The molecule has 1 amide bonds. The molecule has 0 bridgehead atoms. The number of carbonyl (C=O) groups is 1. The number of benzene rings is 1. The monoisotopic (exact) mass is 248 g/mol. The van der Waals surface area contributed by atoms with E-state index in [0.29, 0.717) is 16.3 Å². The molecular weight excluding hydrogens is 236 g/mol. The maximum absolute atomic E-state index is 11.9. The second-order valence-electron chi connectivity index (χ2n) is 4.28. The number of hydrogen-bond donors (Lipinski definition) is 1. The first kappa shape index (κ1) is 11.9. The van der Waals surface area contributed by atoms with Gasteiger partial charge in [-0.1, -0.05) is 24.4 Å². The summed E-state index contributed by atoms with van der Waals surface area (Å²) in [6.45, 7) is 0. The molecule has 1 N–H and O–H groups in total. The summed E-state index contributed by atoms with van der Waals surface area (Å²) in [7, 11) is 0. The minimum Gasteiger partial charge on any atom is -0.324 e. The van der Waals surface area contributed by atoms with Gasteiger partial charge in [0.2, 0.25) is 5.91 Å². The second-order valence-corrected chi connectivity index (χ2v) is 4.68. The van der Waals surface area contributed by atoms with Gasteiger partial charge in [-0.15, -0.1) is 0 Å². The first-order chi connectivity index (χ1) is 8.20. The molecule has 0 spiro atoms. The van der Waals surface area contributed by atoms with Gasteiger partial charge in [-0.2, -0.15) is 5.26 Å². The third kappa shape index (κ3) is 2.78. The van der Waals surface area contributed by atoms with E-state index in [2.05, 4.69) is 5.32 Å². The van der Waals surface area contributed by atoms with Crippen LogP contribution >= 0.6 is 11.6 Å². The summed E-state index contributed by atoms with van der Waals surface area (Å²) in [5, 5.41) is 12.1. The van der Waals surface area contributed by atoms with Crippen LogP contribution < -0.4 is 5.32 Å². The normalized spacial score (nSPS) is 15.5. The van der Waals surface area contributed by atoms with Crippen LogP contribution in [0.4, 0.5) is 5.69 Å². The first-order valence-corrected chi connectivity index (χ1v) is 6.09. The van der Waals surface area contributed by atoms with Crippen LogP contribution in [0.15, 0.2) is 18.2 Å². The van der Waals surface area contributed by atoms with Crippen molar-refractivity contribution < 1.29 is 4.79 Å². The van der Waals surface area contributed by atoms with Gasteiger partial charge in [0.15, 0.2) is 0 Å². The third-order valence-corrected chi connectivity index (χ3v) is 3.41. The van der Waals surface area contributed by atoms with Gasteiger partial charge in [0.25, 0.3) is 0 Å². The Morgan fingerprint density at radius 3 is 2.76 bits per heavy atom. The minimum atomic E-state index is 0.0134. The number of carbonyl (C=O) groups excluding carboxylic acids is 1. The molecule has 1 aliphatic carbocycles. The zero-order valence-corrected chi connectivity index (χ0v) is 10.1. The summed E-state index contributed by atoms with van der Waals surface area (Å²) >= 11 is 5.98. The molecule has 0 atom stereocenters. The predicted octanol–water partition coefficient (Wildman–Crippen LogP) is 3.34. The van der Waals surface area contributed by atoms with Gasteiger partial charge in [0, 0.05) is 5.92 Å². The highest BCUT2D eigenvalue weighted by Crippen LogP contribution is 2.28. The lowest BCUT2D eigenvalue weighted by Crippen LogP contribution is -2.20. The number of amides is 1. The van der Waals surface area contributed by atoms with Gasteiger partial charge in [0.1, 0.15) is 0 Å². The van der Waals surface area contributed by atoms with Crippen molar-refractivity contribution in [3.8, 4) is 6.07 Å². The zero-order valence-electron chi connectivity index (χ0n) is 9.37. The molecule has 88 valence electrons. The van der Waals surface area contributed by atoms with Gasteiger partial charge >= 0.3 is 0 Å². The van der Waals surface area contributed by atoms with Crippen molar-refractivity contribution in [2.45, 2.75) is 25.7 Å². The fourth-order valence-electron chi connectivity index (χ4n) is 2.11. The van der Waals surface area contributed by atoms with Crippen molar-refractivity contribution in [3.05, 3.63) is 28.8 Å². The Balaban J connectivity index is 2.12. The van der Waals surface area contributed by atoms with E-state index in [4.69, 9.17) is 16.9 Å². The van der Waals surface area contributed by atoms with E-state index in [1.165, 1.54) is 0 Å². The van der Waals surface area contributed by atoms with Crippen LogP contribution in [0.25, 0.3) is 0 Å². The quantitative estimate of drug-likeness (QED) is 0.873. The molecule has 3 nitrogen and oxygen atoms in total. The standard InChI is InChI=1S/C13H13ClN2O/c14-11-6-5-9(8-15)7-12(11)16-13(17)10-3-1-2-4-10/h5-7,10H,1-4H2,(H,16,17). The lowest BCUT2D eigenvalue weighted by atomic mass is 10.1. The van der Waals surface area contributed by atoms with Crippen molar-refractivity contribution in [2.75, 3.05) is 5.32 Å². The highest BCUT2D eigenvalue weighted by molar-refractivity contribution is 6.33. The zero-order chi connectivity index (χ0) is 12.3. The maximum Gasteiger partial charge on any atom is 0.227 e. The molecule has 0 aromatic heterocycles. The molecule has 0 aliphatic heterocycles. The Bertz CT molecular complexity index is 473. The minimum absolute atomic E-state index is 0.0134. The molecule has 1 aliphatic rings. The van der Waals surface area contributed by atoms with Crippen LogP contribution in [0, 0.1) is 17.2 Å². The van der Waals surface area contributed by atoms with Gasteiger partial charge < -0.3 is 5.32 Å². The summed E-state index contributed by atoms with van der Waals surface area (Å²) in [6, 6.07) is 6.90. The summed E-state index contributed by atoms with van der Waals surface area (Å²) in [4.78, 5) is 11.9. The lowest BCUT2D eigenvalue weighted by Gasteiger charge is -2.11. The van der Waals surface area contributed by atoms with Crippen LogP contribution in [0.5, 0.6) is 0 Å². The number of hydrogen-bond acceptors (Lipinski definition) is 2. The molecule has 4 heteroatoms. The Hall–Kier alpha value is -1.53. The molecule has 1 fully saturated rings. The Kier molecular flexibility index (Phi) is 3.65. The van der Waals surface area contributed by atoms with Gasteiger partial charge in [-0.25, -0.2) is 0 Å². The van der Waals surface area contributed by atoms with Crippen LogP contribution in [-0.4, -0.2) is 5.91 Å². The maximum atomic E-state index is 11.9. The molecular formula is C13H13ClN2O. The van der Waals surface area contributed by atoms with Gasteiger partial charge in [0.05, 0.1) is 22.3 Å². The van der Waals surface area contributed by atoms with Gasteiger partial charge in [-0.3, -0.25) is 4.79 Å². The van der Waals surface area contributed by atoms with E-state index in [0.717, 1.165) is 25.7 Å². The summed E-state index contributed by atoms with van der Waals surface area (Å²) in [6.07, 6.45) is 4.12. The number of halogens is 1. The molecule has 0 saturated heterocycles. The van der Waals surface area contributed by atoms with E-state index < -0.39 is 0 Å². The lowest BCUT2D eigenvalue weighted by molar-refractivity contribution is -0.119. The van der Waals surface area contributed by atoms with Crippen molar-refractivity contribution in [1.29, 1.82) is 5.26 Å². The summed E-state index contributed by atoms with van der Waals surface area (Å²) < 4.78 is 0. The molecule has 0 heterocycles. The van der Waals surface area contributed by atoms with Crippen LogP contribution in [0.2, 0.25) is 5.02 Å². The summed E-state index contributed by atoms with van der Waals surface area (Å²) in [5.41, 5.74) is 1.03. The third-order valence-electron chi connectivity index (χ3n) is 3.08. The fourth-order valence-corrected chi connectivity index (χ4v) is 2.28. The molecule has 0 unspecified atom stereocenters. The number of nitrogens with zero attached hydrogens (tertiary/aromatic N) is 1. The first-order valence-electron chi connectivity index (χ1n) is 5.71. The van der Waals surface area contributed by atoms with E-state index in [1.807, 2.05) is 6.07 Å². The Morgan fingerprint density at radius 1 is 1.41 bits per heavy atom. The van der Waals surface area contributed by atoms with E-state index >= 15 is 0 Å². The Labute approximate surface area is 105 Å². The smallest absolute Gasteiger partial charge is 0.227 e. The largest absolute Gasteiger partial charge is 0.324 e. The van der Waals surface area contributed by atoms with Crippen molar-refractivity contribution >= 4 is 23.2 Å². The van der Waals surface area contributed by atoms with E-state index in [-0.39, 0.29) is 11.8 Å². The van der Waals surface area contributed by atoms with Crippen molar-refractivity contribution in [3.63, 3.8) is 0 Å². The molecule has 0 radical (unpaired) electrons. The van der Waals surface area contributed by atoms with Crippen LogP contribution in [-0.2, 0) is 4.79 Å². The van der Waals surface area contributed by atoms with Crippen LogP contribution in [0.3, 0.4) is 0 Å². The fraction of sp³-hybridized carbons (Fsp3) is 0.385. The topological polar surface area (TPSA) is 52.9 Å². The molecule has 2 rings (SSSR count). The molecule has 1 aromatic rings. The number of nitriles is 1. The Morgan fingerprint density at radius 2 is 2.12 bits per heavy atom. The van der Waals surface area contributed by atoms with Crippen molar-refractivity contribution in [1.82, 2.24) is 0 Å². The second kappa shape index (κ2) is 5.20. The average molecular weight is 249 g/mol. The molecule has 1 saturated carbocycles. The number of anilines is 1. The van der Waals surface area contributed by atoms with E-state index in [1.54, 1.807) is 18.2 Å². The molecule has 1 aromatic carbocycles. The van der Waals surface area contributed by atoms with E-state index in [9.17, 15) is 4.79 Å². The number of nitrogens with one attached hydrogen (secondary N) is 1. The number of rotatable bonds is 2. The van der Waals surface area contributed by atoms with Crippen molar-refractivity contribution in [2.24, 2.45) is 5.92 Å². The van der Waals surface area contributed by atoms with Gasteiger partial charge in [-0.05, 0) is 31.0 Å². The molecule has 17 heavy (non-hydrogen) atoms.